The van der Waals surface area contributed by atoms with Gasteiger partial charge in [0.2, 0.25) is 0 Å². The number of nitrogens with one attached hydrogen (secondary N) is 2. The highest BCUT2D eigenvalue weighted by molar-refractivity contribution is 7.80. The Balaban J connectivity index is 1.24. The molecule has 3 aliphatic carbocycles. The molecular weight excluding hydrogens is 314 g/mol. The Morgan fingerprint density at radius 1 is 1.17 bits per heavy atom. The molecule has 4 heteroatoms. The summed E-state index contributed by atoms with van der Waals surface area (Å²) in [6.07, 6.45) is 14.4. The molecule has 3 aliphatic rings. The van der Waals surface area contributed by atoms with Crippen molar-refractivity contribution in [1.29, 1.82) is 0 Å². The molecule has 0 unspecified atom stereocenters. The van der Waals surface area contributed by atoms with Gasteiger partial charge in [0.05, 0.1) is 0 Å². The molecular formula is C20H23N3S. The molecule has 3 nitrogen and oxygen atoms in total. The molecule has 4 rings (SSSR count). The van der Waals surface area contributed by atoms with E-state index < -0.39 is 0 Å². The SMILES string of the molecule is S=C(N/N=C\C=C\c1ccccc1)N[C@H]1C[C@@H]2C[C@@H]1[C@@H]1C=CC[C@@H]21. The Kier molecular flexibility index (Phi) is 4.48. The van der Waals surface area contributed by atoms with E-state index in [9.17, 15) is 0 Å². The third-order valence-electron chi connectivity index (χ3n) is 5.74. The average Bonchev–Trinajstić information content (AvgIpc) is 3.28. The number of thiocarbonyl (C=S) groups is 1. The van der Waals surface area contributed by atoms with Gasteiger partial charge in [-0.1, -0.05) is 48.6 Å². The number of hydrazone groups is 1. The third-order valence-corrected chi connectivity index (χ3v) is 5.95. The lowest BCUT2D eigenvalue weighted by molar-refractivity contribution is 0.246. The molecule has 0 heterocycles. The molecule has 2 N–H and O–H groups in total. The number of benzene rings is 1. The van der Waals surface area contributed by atoms with Crippen molar-refractivity contribution in [1.82, 2.24) is 10.7 Å². The smallest absolute Gasteiger partial charge is 0.187 e. The topological polar surface area (TPSA) is 36.4 Å². The number of fused-ring (bicyclic) bond motifs is 5. The molecule has 24 heavy (non-hydrogen) atoms. The fraction of sp³-hybridized carbons (Fsp3) is 0.400. The second kappa shape index (κ2) is 6.89. The van der Waals surface area contributed by atoms with E-state index in [1.807, 2.05) is 30.4 Å². The number of rotatable bonds is 4. The van der Waals surface area contributed by atoms with E-state index in [0.29, 0.717) is 11.2 Å². The molecule has 0 aromatic heterocycles. The predicted octanol–water partition coefficient (Wildman–Crippen LogP) is 3.75. The molecule has 0 saturated heterocycles. The summed E-state index contributed by atoms with van der Waals surface area (Å²) in [4.78, 5) is 0. The van der Waals surface area contributed by atoms with Crippen LogP contribution < -0.4 is 10.7 Å². The highest BCUT2D eigenvalue weighted by Gasteiger charge is 2.52. The number of nitrogens with zero attached hydrogens (tertiary/aromatic N) is 1. The van der Waals surface area contributed by atoms with Crippen LogP contribution in [0.3, 0.4) is 0 Å². The zero-order valence-corrected chi connectivity index (χ0v) is 14.5. The second-order valence-corrected chi connectivity index (χ2v) is 7.45. The van der Waals surface area contributed by atoms with Gasteiger partial charge in [-0.15, -0.1) is 0 Å². The molecule has 2 fully saturated rings. The summed E-state index contributed by atoms with van der Waals surface area (Å²) in [6.45, 7) is 0. The standard InChI is InChI=1S/C20H23N3S/c24-20(23-21-11-5-8-14-6-2-1-3-7-14)22-19-13-15-12-18(19)17-10-4-9-16(15)17/h1-8,10-11,15-19H,9,12-13H2,(H2,22,23,24)/b8-5+,21-11-/t15-,16-,17+,18+,19-/m0/s1. The fourth-order valence-electron chi connectivity index (χ4n) is 4.77. The maximum atomic E-state index is 5.39. The Labute approximate surface area is 148 Å². The molecule has 0 amide bonds. The summed E-state index contributed by atoms with van der Waals surface area (Å²) in [6, 6.07) is 10.7. The van der Waals surface area contributed by atoms with E-state index in [2.05, 4.69) is 40.1 Å². The van der Waals surface area contributed by atoms with E-state index in [1.54, 1.807) is 6.21 Å². The van der Waals surface area contributed by atoms with Gasteiger partial charge in [-0.2, -0.15) is 5.10 Å². The van der Waals surface area contributed by atoms with Crippen molar-refractivity contribution in [2.24, 2.45) is 28.8 Å². The van der Waals surface area contributed by atoms with Crippen LogP contribution in [0, 0.1) is 23.7 Å². The van der Waals surface area contributed by atoms with Crippen LogP contribution >= 0.6 is 12.2 Å². The lowest BCUT2D eigenvalue weighted by Gasteiger charge is -2.32. The van der Waals surface area contributed by atoms with Crippen LogP contribution in [0.2, 0.25) is 0 Å². The first-order chi connectivity index (χ1) is 11.8. The Bertz CT molecular complexity index is 679. The summed E-state index contributed by atoms with van der Waals surface area (Å²) < 4.78 is 0. The molecule has 0 spiro atoms. The van der Waals surface area contributed by atoms with Crippen LogP contribution in [0.25, 0.3) is 6.08 Å². The summed E-state index contributed by atoms with van der Waals surface area (Å²) in [7, 11) is 0. The van der Waals surface area contributed by atoms with Crippen LogP contribution in [0.5, 0.6) is 0 Å². The molecule has 0 aliphatic heterocycles. The maximum absolute atomic E-state index is 5.39. The van der Waals surface area contributed by atoms with E-state index in [-0.39, 0.29) is 0 Å². The van der Waals surface area contributed by atoms with Crippen LogP contribution in [0.4, 0.5) is 0 Å². The van der Waals surface area contributed by atoms with Crippen LogP contribution in [0.15, 0.2) is 53.7 Å². The van der Waals surface area contributed by atoms with Crippen molar-refractivity contribution in [3.05, 3.63) is 54.1 Å². The number of hydrogen-bond donors (Lipinski definition) is 2. The minimum atomic E-state index is 0.508. The molecule has 1 aromatic carbocycles. The quantitative estimate of drug-likeness (QED) is 0.380. The van der Waals surface area contributed by atoms with Gasteiger partial charge in [0, 0.05) is 12.3 Å². The van der Waals surface area contributed by atoms with E-state index in [1.165, 1.54) is 19.3 Å². The lowest BCUT2D eigenvalue weighted by atomic mass is 9.79. The summed E-state index contributed by atoms with van der Waals surface area (Å²) >= 11 is 5.39. The van der Waals surface area contributed by atoms with Gasteiger partial charge in [-0.25, -0.2) is 0 Å². The minimum absolute atomic E-state index is 0.508. The van der Waals surface area contributed by atoms with Gasteiger partial charge >= 0.3 is 0 Å². The highest BCUT2D eigenvalue weighted by atomic mass is 32.1. The summed E-state index contributed by atoms with van der Waals surface area (Å²) in [5.74, 6) is 3.32. The Morgan fingerprint density at radius 2 is 2.04 bits per heavy atom. The van der Waals surface area contributed by atoms with Gasteiger partial charge in [-0.05, 0) is 66.8 Å². The van der Waals surface area contributed by atoms with E-state index in [4.69, 9.17) is 12.2 Å². The van der Waals surface area contributed by atoms with Crippen molar-refractivity contribution < 1.29 is 0 Å². The molecule has 0 radical (unpaired) electrons. The zero-order valence-electron chi connectivity index (χ0n) is 13.6. The van der Waals surface area contributed by atoms with E-state index >= 15 is 0 Å². The monoisotopic (exact) mass is 337 g/mol. The largest absolute Gasteiger partial charge is 0.358 e. The van der Waals surface area contributed by atoms with E-state index in [0.717, 1.165) is 29.2 Å². The van der Waals surface area contributed by atoms with Gasteiger partial charge in [0.15, 0.2) is 5.11 Å². The van der Waals surface area contributed by atoms with Crippen molar-refractivity contribution in [2.45, 2.75) is 25.3 Å². The third kappa shape index (κ3) is 3.16. The van der Waals surface area contributed by atoms with Gasteiger partial charge < -0.3 is 5.32 Å². The maximum Gasteiger partial charge on any atom is 0.187 e. The highest BCUT2D eigenvalue weighted by Crippen LogP contribution is 2.56. The number of hydrogen-bond acceptors (Lipinski definition) is 2. The normalized spacial score (nSPS) is 33.4. The van der Waals surface area contributed by atoms with Gasteiger partial charge in [0.1, 0.15) is 0 Å². The Hall–Kier alpha value is -1.94. The van der Waals surface area contributed by atoms with Crippen LogP contribution in [-0.4, -0.2) is 17.4 Å². The first-order valence-corrected chi connectivity index (χ1v) is 9.20. The van der Waals surface area contributed by atoms with Gasteiger partial charge in [0.25, 0.3) is 0 Å². The van der Waals surface area contributed by atoms with Crippen molar-refractivity contribution in [2.75, 3.05) is 0 Å². The molecule has 2 bridgehead atoms. The lowest BCUT2D eigenvalue weighted by Crippen LogP contribution is -2.45. The summed E-state index contributed by atoms with van der Waals surface area (Å²) in [5, 5.41) is 8.29. The fourth-order valence-corrected chi connectivity index (χ4v) is 4.97. The van der Waals surface area contributed by atoms with Crippen molar-refractivity contribution in [3.63, 3.8) is 0 Å². The Morgan fingerprint density at radius 3 is 2.92 bits per heavy atom. The predicted molar refractivity (Wildman–Crippen MR) is 104 cm³/mol. The second-order valence-electron chi connectivity index (χ2n) is 7.04. The number of allylic oxidation sites excluding steroid dienone is 3. The molecule has 124 valence electrons. The average molecular weight is 337 g/mol. The molecule has 5 atom stereocenters. The summed E-state index contributed by atoms with van der Waals surface area (Å²) in [5.41, 5.74) is 4.09. The van der Waals surface area contributed by atoms with Gasteiger partial charge in [-0.3, -0.25) is 5.43 Å². The van der Waals surface area contributed by atoms with Crippen LogP contribution in [-0.2, 0) is 0 Å². The first kappa shape index (κ1) is 15.6. The zero-order chi connectivity index (χ0) is 16.4. The van der Waals surface area contributed by atoms with Crippen molar-refractivity contribution >= 4 is 29.6 Å². The minimum Gasteiger partial charge on any atom is -0.358 e. The molecule has 1 aromatic rings. The molecule has 2 saturated carbocycles. The first-order valence-electron chi connectivity index (χ1n) is 8.79. The van der Waals surface area contributed by atoms with Crippen LogP contribution in [0.1, 0.15) is 24.8 Å². The van der Waals surface area contributed by atoms with Crippen molar-refractivity contribution in [3.8, 4) is 0 Å².